The Morgan fingerprint density at radius 3 is 1.75 bits per heavy atom. The van der Waals surface area contributed by atoms with Crippen LogP contribution in [0.5, 0.6) is 0 Å². The van der Waals surface area contributed by atoms with Crippen molar-refractivity contribution in [1.82, 2.24) is 0 Å². The molecule has 0 saturated heterocycles. The van der Waals surface area contributed by atoms with Gasteiger partial charge in [-0.3, -0.25) is 0 Å². The molecule has 4 rings (SSSR count). The van der Waals surface area contributed by atoms with Gasteiger partial charge in [0.2, 0.25) is 0 Å². The fourth-order valence-electron chi connectivity index (χ4n) is 5.47. The van der Waals surface area contributed by atoms with E-state index >= 15 is 0 Å². The molecule has 4 aliphatic rings. The van der Waals surface area contributed by atoms with Crippen LogP contribution in [0.25, 0.3) is 0 Å². The van der Waals surface area contributed by atoms with Gasteiger partial charge in [0.05, 0.1) is 0 Å². The molecule has 0 N–H and O–H groups in total. The first-order valence-electron chi connectivity index (χ1n) is 8.17. The maximum atomic E-state index is 6.20. The van der Waals surface area contributed by atoms with Gasteiger partial charge in [-0.25, -0.2) is 0 Å². The van der Waals surface area contributed by atoms with Gasteiger partial charge in [0, 0.05) is 6.61 Å². The van der Waals surface area contributed by atoms with Crippen LogP contribution in [0.1, 0.15) is 44.9 Å². The topological polar surface area (TPSA) is 9.23 Å². The molecule has 2 heteroatoms. The van der Waals surface area contributed by atoms with E-state index in [2.05, 4.69) is 19.7 Å². The molecule has 4 fully saturated rings. The Hall–Kier alpha value is -0.603. The molecule has 0 aromatic carbocycles. The van der Waals surface area contributed by atoms with Gasteiger partial charge >= 0.3 is 0 Å². The van der Waals surface area contributed by atoms with Crippen molar-refractivity contribution in [1.29, 1.82) is 0 Å². The van der Waals surface area contributed by atoms with Gasteiger partial charge in [-0.05, 0) is 68.1 Å². The van der Waals surface area contributed by atoms with Crippen LogP contribution < -0.4 is 0 Å². The third-order valence-corrected chi connectivity index (χ3v) is 8.72. The van der Waals surface area contributed by atoms with E-state index in [1.807, 2.05) is 17.1 Å². The highest BCUT2D eigenvalue weighted by Crippen LogP contribution is 2.61. The van der Waals surface area contributed by atoms with Crippen molar-refractivity contribution in [2.75, 3.05) is 6.61 Å². The average molecular weight is 289 g/mol. The molecule has 0 amide bonds. The highest BCUT2D eigenvalue weighted by atomic mass is 28.4. The molecule has 4 saturated carbocycles. The summed E-state index contributed by atoms with van der Waals surface area (Å²) in [7, 11) is -2.06. The third kappa shape index (κ3) is 2.48. The van der Waals surface area contributed by atoms with E-state index in [0.717, 1.165) is 24.4 Å². The van der Waals surface area contributed by atoms with Gasteiger partial charge in [0.1, 0.15) is 0 Å². The summed E-state index contributed by atoms with van der Waals surface area (Å²) < 4.78 is 6.20. The zero-order valence-electron chi connectivity index (χ0n) is 12.7. The van der Waals surface area contributed by atoms with Crippen molar-refractivity contribution in [2.45, 2.75) is 44.9 Å². The van der Waals surface area contributed by atoms with Crippen LogP contribution in [0.4, 0.5) is 0 Å². The quantitative estimate of drug-likeness (QED) is 0.615. The van der Waals surface area contributed by atoms with Crippen LogP contribution in [0.2, 0.25) is 0 Å². The van der Waals surface area contributed by atoms with Gasteiger partial charge < -0.3 is 4.43 Å². The van der Waals surface area contributed by atoms with E-state index in [4.69, 9.17) is 4.43 Å². The summed E-state index contributed by atoms with van der Waals surface area (Å²) in [5, 5.41) is 0. The first-order valence-corrected chi connectivity index (χ1v) is 10.3. The molecule has 0 aliphatic heterocycles. The van der Waals surface area contributed by atoms with Crippen molar-refractivity contribution < 1.29 is 4.43 Å². The standard InChI is InChI=1S/C18H28OSi/c1-4-20(5-2,6-3)19-8-7-18-12-15-9-16(13-18)11-17(10-15)14-18/h4-6,15-17H,1-3,7-14H2. The zero-order chi connectivity index (χ0) is 14.2. The van der Waals surface area contributed by atoms with Crippen molar-refractivity contribution in [3.05, 3.63) is 36.8 Å². The number of hydrogen-bond donors (Lipinski definition) is 0. The minimum atomic E-state index is -2.06. The summed E-state index contributed by atoms with van der Waals surface area (Å²) in [6.45, 7) is 12.6. The lowest BCUT2D eigenvalue weighted by Crippen LogP contribution is -2.47. The predicted molar refractivity (Wildman–Crippen MR) is 87.5 cm³/mol. The van der Waals surface area contributed by atoms with Gasteiger partial charge in [0.15, 0.2) is 0 Å². The Labute approximate surface area is 124 Å². The van der Waals surface area contributed by atoms with Crippen molar-refractivity contribution in [3.63, 3.8) is 0 Å². The molecule has 0 spiro atoms. The molecule has 0 unspecified atom stereocenters. The molecule has 4 aliphatic carbocycles. The highest BCUT2D eigenvalue weighted by Gasteiger charge is 2.50. The first kappa shape index (κ1) is 14.3. The molecule has 4 bridgehead atoms. The second-order valence-electron chi connectivity index (χ2n) is 7.48. The normalized spacial score (nSPS) is 38.7. The molecular formula is C18H28OSi. The maximum absolute atomic E-state index is 6.20. The van der Waals surface area contributed by atoms with E-state index < -0.39 is 8.32 Å². The Morgan fingerprint density at radius 2 is 1.35 bits per heavy atom. The molecular weight excluding hydrogens is 260 g/mol. The minimum absolute atomic E-state index is 0.610. The summed E-state index contributed by atoms with van der Waals surface area (Å²) in [6, 6.07) is 0. The van der Waals surface area contributed by atoms with Gasteiger partial charge in [0.25, 0.3) is 8.32 Å². The Kier molecular flexibility index (Phi) is 3.80. The molecule has 0 aromatic rings. The predicted octanol–water partition coefficient (Wildman–Crippen LogP) is 4.73. The summed E-state index contributed by atoms with van der Waals surface area (Å²) in [4.78, 5) is 0. The van der Waals surface area contributed by atoms with Crippen molar-refractivity contribution >= 4 is 8.32 Å². The van der Waals surface area contributed by atoms with Gasteiger partial charge in [-0.15, -0.1) is 19.7 Å². The fraction of sp³-hybridized carbons (Fsp3) is 0.667. The summed E-state index contributed by atoms with van der Waals surface area (Å²) in [5.74, 6) is 3.09. The van der Waals surface area contributed by atoms with E-state index in [-0.39, 0.29) is 0 Å². The largest absolute Gasteiger partial charge is 0.405 e. The van der Waals surface area contributed by atoms with Gasteiger partial charge in [-0.2, -0.15) is 0 Å². The van der Waals surface area contributed by atoms with Crippen molar-refractivity contribution in [2.24, 2.45) is 23.2 Å². The highest BCUT2D eigenvalue weighted by molar-refractivity contribution is 6.87. The fourth-order valence-corrected chi connectivity index (χ4v) is 6.78. The Bertz CT molecular complexity index is 355. The minimum Gasteiger partial charge on any atom is -0.405 e. The second kappa shape index (κ2) is 5.30. The summed E-state index contributed by atoms with van der Waals surface area (Å²) in [5.41, 5.74) is 6.42. The molecule has 0 atom stereocenters. The molecule has 110 valence electrons. The lowest BCUT2D eigenvalue weighted by Gasteiger charge is -2.57. The molecule has 0 aromatic heterocycles. The van der Waals surface area contributed by atoms with E-state index in [9.17, 15) is 0 Å². The van der Waals surface area contributed by atoms with E-state index in [1.54, 1.807) is 0 Å². The van der Waals surface area contributed by atoms with Crippen LogP contribution in [0.15, 0.2) is 36.8 Å². The van der Waals surface area contributed by atoms with Crippen molar-refractivity contribution in [3.8, 4) is 0 Å². The van der Waals surface area contributed by atoms with Crippen LogP contribution in [-0.4, -0.2) is 14.9 Å². The Morgan fingerprint density at radius 1 is 0.900 bits per heavy atom. The Balaban J connectivity index is 1.60. The molecule has 20 heavy (non-hydrogen) atoms. The lowest BCUT2D eigenvalue weighted by atomic mass is 9.49. The van der Waals surface area contributed by atoms with E-state index in [1.165, 1.54) is 44.9 Å². The number of rotatable bonds is 7. The van der Waals surface area contributed by atoms with Crippen LogP contribution in [-0.2, 0) is 4.43 Å². The third-order valence-electron chi connectivity index (χ3n) is 6.11. The second-order valence-corrected chi connectivity index (χ2v) is 10.7. The summed E-state index contributed by atoms with van der Waals surface area (Å²) in [6.07, 6.45) is 10.2. The molecule has 0 radical (unpaired) electrons. The molecule has 0 heterocycles. The van der Waals surface area contributed by atoms with E-state index in [0.29, 0.717) is 5.41 Å². The zero-order valence-corrected chi connectivity index (χ0v) is 13.7. The molecule has 1 nitrogen and oxygen atoms in total. The maximum Gasteiger partial charge on any atom is 0.264 e. The van der Waals surface area contributed by atoms with Crippen LogP contribution >= 0.6 is 0 Å². The SMILES string of the molecule is C=C[Si](C=C)(C=C)OCCC12CC3CC(CC(C3)C1)C2. The van der Waals surface area contributed by atoms with Crippen LogP contribution in [0.3, 0.4) is 0 Å². The smallest absolute Gasteiger partial charge is 0.264 e. The first-order chi connectivity index (χ1) is 9.62. The monoisotopic (exact) mass is 288 g/mol. The average Bonchev–Trinajstić information content (AvgIpc) is 2.42. The van der Waals surface area contributed by atoms with Crippen LogP contribution in [0, 0.1) is 23.2 Å². The summed E-state index contributed by atoms with van der Waals surface area (Å²) >= 11 is 0. The van der Waals surface area contributed by atoms with Gasteiger partial charge in [-0.1, -0.05) is 17.1 Å². The lowest BCUT2D eigenvalue weighted by molar-refractivity contribution is -0.0625. The number of hydrogen-bond acceptors (Lipinski definition) is 1.